The van der Waals surface area contributed by atoms with Gasteiger partial charge < -0.3 is 16.2 Å². The lowest BCUT2D eigenvalue weighted by Crippen LogP contribution is -2.23. The van der Waals surface area contributed by atoms with Gasteiger partial charge in [0, 0.05) is 18.7 Å². The van der Waals surface area contributed by atoms with Crippen molar-refractivity contribution in [2.45, 2.75) is 57.6 Å². The molecule has 2 aliphatic rings. The monoisotopic (exact) mass is 421 g/mol. The minimum Gasteiger partial charge on any atom is -0.490 e. The standard InChI is InChI=1S/C24H31N5O2/c1-2-3-14-28-15-13-18(16-28)29-23(25)21(24(26)30)22(27-29)17-9-11-20(12-10-17)31-19-7-5-4-6-8-19/h9-12,18-19H,4-8,13-16,25H2,1H3,(H2,26,30). The summed E-state index contributed by atoms with van der Waals surface area (Å²) in [6.45, 7) is 4.29. The Morgan fingerprint density at radius 3 is 2.61 bits per heavy atom. The van der Waals surface area contributed by atoms with E-state index in [1.807, 2.05) is 31.2 Å². The molecule has 1 aromatic heterocycles. The molecule has 0 bridgehead atoms. The predicted molar refractivity (Wildman–Crippen MR) is 122 cm³/mol. The fraction of sp³-hybridized carbons (Fsp3) is 0.500. The summed E-state index contributed by atoms with van der Waals surface area (Å²) in [4.78, 5) is 14.5. The number of nitrogens with two attached hydrogens (primary N) is 2. The van der Waals surface area contributed by atoms with Gasteiger partial charge in [-0.25, -0.2) is 4.68 Å². The van der Waals surface area contributed by atoms with Crippen LogP contribution in [0.25, 0.3) is 11.3 Å². The van der Waals surface area contributed by atoms with Crippen molar-refractivity contribution in [2.75, 3.05) is 25.4 Å². The Morgan fingerprint density at radius 1 is 1.19 bits per heavy atom. The Kier molecular flexibility index (Phi) is 6.47. The van der Waals surface area contributed by atoms with Crippen LogP contribution in [0.1, 0.15) is 61.8 Å². The number of carbonyl (C=O) groups excluding carboxylic acids is 1. The van der Waals surface area contributed by atoms with Crippen molar-refractivity contribution in [1.82, 2.24) is 14.7 Å². The Hall–Kier alpha value is -2.98. The molecule has 1 aromatic carbocycles. The number of likely N-dealkylation sites (tertiary alicyclic amines) is 1. The second kappa shape index (κ2) is 9.44. The number of anilines is 1. The summed E-state index contributed by atoms with van der Waals surface area (Å²) < 4.78 is 7.88. The Balaban J connectivity index is 1.55. The van der Waals surface area contributed by atoms with E-state index in [4.69, 9.17) is 21.3 Å². The van der Waals surface area contributed by atoms with E-state index in [0.29, 0.717) is 17.6 Å². The molecule has 31 heavy (non-hydrogen) atoms. The van der Waals surface area contributed by atoms with E-state index in [9.17, 15) is 4.79 Å². The number of rotatable bonds is 6. The third kappa shape index (κ3) is 4.70. The van der Waals surface area contributed by atoms with Gasteiger partial charge in [0.25, 0.3) is 5.91 Å². The summed E-state index contributed by atoms with van der Waals surface area (Å²) >= 11 is 0. The lowest BCUT2D eigenvalue weighted by molar-refractivity contribution is 0.100. The highest BCUT2D eigenvalue weighted by molar-refractivity contribution is 6.03. The summed E-state index contributed by atoms with van der Waals surface area (Å²) in [6.07, 6.45) is 7.16. The van der Waals surface area contributed by atoms with Crippen LogP contribution in [0.2, 0.25) is 0 Å². The molecule has 1 saturated heterocycles. The van der Waals surface area contributed by atoms with Gasteiger partial charge in [0.15, 0.2) is 0 Å². The summed E-state index contributed by atoms with van der Waals surface area (Å²) in [6, 6.07) is 7.82. The molecule has 1 atom stereocenters. The van der Waals surface area contributed by atoms with Crippen LogP contribution in [-0.4, -0.2) is 46.3 Å². The second-order valence-corrected chi connectivity index (χ2v) is 8.42. The van der Waals surface area contributed by atoms with Gasteiger partial charge in [-0.3, -0.25) is 9.69 Å². The number of benzene rings is 1. The van der Waals surface area contributed by atoms with E-state index >= 15 is 0 Å². The van der Waals surface area contributed by atoms with Crippen molar-refractivity contribution in [2.24, 2.45) is 5.73 Å². The maximum Gasteiger partial charge on any atom is 0.254 e. The average Bonchev–Trinajstić information content (AvgIpc) is 3.38. The molecule has 4 rings (SSSR count). The van der Waals surface area contributed by atoms with Gasteiger partial charge in [0.1, 0.15) is 22.8 Å². The number of amides is 1. The van der Waals surface area contributed by atoms with Crippen molar-refractivity contribution in [3.63, 3.8) is 0 Å². The molecule has 1 unspecified atom stereocenters. The molecule has 0 radical (unpaired) electrons. The average molecular weight is 422 g/mol. The molecule has 2 fully saturated rings. The highest BCUT2D eigenvalue weighted by atomic mass is 16.5. The van der Waals surface area contributed by atoms with Crippen molar-refractivity contribution >= 4 is 11.7 Å². The van der Waals surface area contributed by atoms with Crippen molar-refractivity contribution < 1.29 is 9.53 Å². The molecule has 7 nitrogen and oxygen atoms in total. The molecular weight excluding hydrogens is 390 g/mol. The minimum atomic E-state index is -0.562. The second-order valence-electron chi connectivity index (χ2n) is 8.42. The summed E-state index contributed by atoms with van der Waals surface area (Å²) in [5.41, 5.74) is 13.7. The summed E-state index contributed by atoms with van der Waals surface area (Å²) in [5, 5.41) is 4.73. The zero-order valence-corrected chi connectivity index (χ0v) is 18.1. The smallest absolute Gasteiger partial charge is 0.254 e. The summed E-state index contributed by atoms with van der Waals surface area (Å²) in [5.74, 6) is 6.64. The molecule has 2 heterocycles. The first-order chi connectivity index (χ1) is 15.1. The predicted octanol–water partition coefficient (Wildman–Crippen LogP) is 3.21. The van der Waals surface area contributed by atoms with Crippen LogP contribution < -0.4 is 16.2 Å². The number of hydrogen-bond acceptors (Lipinski definition) is 5. The van der Waals surface area contributed by atoms with E-state index in [0.717, 1.165) is 50.2 Å². The first kappa shape index (κ1) is 21.3. The van der Waals surface area contributed by atoms with E-state index in [2.05, 4.69) is 16.7 Å². The van der Waals surface area contributed by atoms with Crippen LogP contribution in [-0.2, 0) is 0 Å². The molecule has 4 N–H and O–H groups in total. The largest absolute Gasteiger partial charge is 0.490 e. The number of nitrogen functional groups attached to an aromatic ring is 1. The molecule has 1 aliphatic heterocycles. The van der Waals surface area contributed by atoms with Gasteiger partial charge in [-0.2, -0.15) is 5.10 Å². The third-order valence-corrected chi connectivity index (χ3v) is 6.25. The normalized spacial score (nSPS) is 19.7. The van der Waals surface area contributed by atoms with Crippen molar-refractivity contribution in [1.29, 1.82) is 0 Å². The van der Waals surface area contributed by atoms with Crippen LogP contribution in [0, 0.1) is 11.8 Å². The molecular formula is C24H31N5O2. The summed E-state index contributed by atoms with van der Waals surface area (Å²) in [7, 11) is 0. The third-order valence-electron chi connectivity index (χ3n) is 6.25. The van der Waals surface area contributed by atoms with E-state index in [-0.39, 0.29) is 11.6 Å². The fourth-order valence-electron chi connectivity index (χ4n) is 4.58. The molecule has 2 aromatic rings. The highest BCUT2D eigenvalue weighted by Crippen LogP contribution is 2.33. The van der Waals surface area contributed by atoms with Gasteiger partial charge in [-0.1, -0.05) is 12.3 Å². The Bertz CT molecular complexity index is 980. The maximum atomic E-state index is 12.2. The minimum absolute atomic E-state index is 0.0967. The Morgan fingerprint density at radius 2 is 1.94 bits per heavy atom. The van der Waals surface area contributed by atoms with Gasteiger partial charge in [0.05, 0.1) is 18.7 Å². The van der Waals surface area contributed by atoms with Gasteiger partial charge in [-0.05, 0) is 63.3 Å². The number of ether oxygens (including phenoxy) is 1. The number of aromatic nitrogens is 2. The number of primary amides is 1. The maximum absolute atomic E-state index is 12.2. The zero-order chi connectivity index (χ0) is 21.8. The first-order valence-electron chi connectivity index (χ1n) is 11.1. The van der Waals surface area contributed by atoms with Crippen LogP contribution in [0.3, 0.4) is 0 Å². The molecule has 1 aliphatic carbocycles. The zero-order valence-electron chi connectivity index (χ0n) is 18.1. The quantitative estimate of drug-likeness (QED) is 0.698. The molecule has 7 heteroatoms. The van der Waals surface area contributed by atoms with Crippen LogP contribution in [0.4, 0.5) is 5.82 Å². The molecule has 164 valence electrons. The fourth-order valence-corrected chi connectivity index (χ4v) is 4.58. The van der Waals surface area contributed by atoms with E-state index < -0.39 is 5.91 Å². The van der Waals surface area contributed by atoms with Crippen molar-refractivity contribution in [3.05, 3.63) is 29.8 Å². The van der Waals surface area contributed by atoms with E-state index in [1.165, 1.54) is 19.3 Å². The van der Waals surface area contributed by atoms with Gasteiger partial charge in [0.2, 0.25) is 0 Å². The molecule has 0 spiro atoms. The number of nitrogens with zero attached hydrogens (tertiary/aromatic N) is 3. The van der Waals surface area contributed by atoms with Gasteiger partial charge >= 0.3 is 0 Å². The lowest BCUT2D eigenvalue weighted by atomic mass is 9.98. The van der Waals surface area contributed by atoms with Crippen LogP contribution in [0.5, 0.6) is 5.75 Å². The van der Waals surface area contributed by atoms with Crippen molar-refractivity contribution in [3.8, 4) is 28.8 Å². The Labute approximate surface area is 183 Å². The lowest BCUT2D eigenvalue weighted by Gasteiger charge is -2.23. The van der Waals surface area contributed by atoms with Gasteiger partial charge in [-0.15, -0.1) is 5.92 Å². The number of hydrogen-bond donors (Lipinski definition) is 2. The highest BCUT2D eigenvalue weighted by Gasteiger charge is 2.29. The SMILES string of the molecule is CC#CCN1CCC(n2nc(-c3ccc(OC4CCCCC4)cc3)c(C(N)=O)c2N)C1. The first-order valence-corrected chi connectivity index (χ1v) is 11.1. The van der Waals surface area contributed by atoms with E-state index in [1.54, 1.807) is 4.68 Å². The molecule has 1 amide bonds. The molecule has 1 saturated carbocycles. The van der Waals surface area contributed by atoms with Crippen LogP contribution in [0.15, 0.2) is 24.3 Å². The van der Waals surface area contributed by atoms with Crippen LogP contribution >= 0.6 is 0 Å². The number of carbonyl (C=O) groups is 1. The topological polar surface area (TPSA) is 99.4 Å².